The summed E-state index contributed by atoms with van der Waals surface area (Å²) in [6.07, 6.45) is 1.60. The van der Waals surface area contributed by atoms with Crippen LogP contribution in [0, 0.1) is 6.92 Å². The molecule has 0 spiro atoms. The molecular weight excluding hydrogens is 228 g/mol. The first-order valence-corrected chi connectivity index (χ1v) is 5.77. The largest absolute Gasteiger partial charge is 0.351 e. The Morgan fingerprint density at radius 3 is 2.44 bits per heavy atom. The van der Waals surface area contributed by atoms with Gasteiger partial charge in [0.1, 0.15) is 6.54 Å². The van der Waals surface area contributed by atoms with Gasteiger partial charge in [-0.2, -0.15) is 0 Å². The Labute approximate surface area is 107 Å². The van der Waals surface area contributed by atoms with E-state index in [-0.39, 0.29) is 18.4 Å². The SMILES string of the molecule is C=CCNC(=O)CN(C(C)=O)c1ccc(C)cc1. The van der Waals surface area contributed by atoms with Crippen molar-refractivity contribution in [2.45, 2.75) is 13.8 Å². The second-order valence-electron chi connectivity index (χ2n) is 4.03. The predicted octanol–water partition coefficient (Wildman–Crippen LogP) is 1.65. The molecular formula is C14H18N2O2. The zero-order valence-electron chi connectivity index (χ0n) is 10.8. The van der Waals surface area contributed by atoms with Crippen LogP contribution in [0.15, 0.2) is 36.9 Å². The van der Waals surface area contributed by atoms with Crippen LogP contribution in [0.4, 0.5) is 5.69 Å². The summed E-state index contributed by atoms with van der Waals surface area (Å²) < 4.78 is 0. The van der Waals surface area contributed by atoms with Gasteiger partial charge in [0.25, 0.3) is 0 Å². The number of nitrogens with one attached hydrogen (secondary N) is 1. The second kappa shape index (κ2) is 6.59. The number of carbonyl (C=O) groups excluding carboxylic acids is 2. The van der Waals surface area contributed by atoms with Gasteiger partial charge in [-0.05, 0) is 19.1 Å². The predicted molar refractivity (Wildman–Crippen MR) is 72.4 cm³/mol. The van der Waals surface area contributed by atoms with Crippen molar-refractivity contribution in [3.8, 4) is 0 Å². The monoisotopic (exact) mass is 246 g/mol. The van der Waals surface area contributed by atoms with Gasteiger partial charge in [0.2, 0.25) is 11.8 Å². The molecule has 0 aliphatic heterocycles. The lowest BCUT2D eigenvalue weighted by Crippen LogP contribution is -2.39. The number of nitrogens with zero attached hydrogens (tertiary/aromatic N) is 1. The van der Waals surface area contributed by atoms with Crippen LogP contribution >= 0.6 is 0 Å². The summed E-state index contributed by atoms with van der Waals surface area (Å²) in [6.45, 7) is 7.36. The number of carbonyl (C=O) groups is 2. The first-order valence-electron chi connectivity index (χ1n) is 5.77. The van der Waals surface area contributed by atoms with Crippen LogP contribution in [-0.4, -0.2) is 24.9 Å². The van der Waals surface area contributed by atoms with E-state index in [2.05, 4.69) is 11.9 Å². The van der Waals surface area contributed by atoms with Crippen LogP contribution in [0.3, 0.4) is 0 Å². The van der Waals surface area contributed by atoms with Crippen molar-refractivity contribution in [3.05, 3.63) is 42.5 Å². The van der Waals surface area contributed by atoms with Crippen LogP contribution in [0.5, 0.6) is 0 Å². The fourth-order valence-corrected chi connectivity index (χ4v) is 1.49. The molecule has 2 amide bonds. The maximum absolute atomic E-state index is 11.6. The molecule has 0 radical (unpaired) electrons. The summed E-state index contributed by atoms with van der Waals surface area (Å²) in [5.41, 5.74) is 1.83. The Balaban J connectivity index is 2.77. The fourth-order valence-electron chi connectivity index (χ4n) is 1.49. The molecule has 0 atom stereocenters. The molecule has 4 nitrogen and oxygen atoms in total. The van der Waals surface area contributed by atoms with Gasteiger partial charge in [0, 0.05) is 19.2 Å². The Bertz CT molecular complexity index is 438. The maximum Gasteiger partial charge on any atom is 0.240 e. The van der Waals surface area contributed by atoms with Crippen molar-refractivity contribution < 1.29 is 9.59 Å². The summed E-state index contributed by atoms with van der Waals surface area (Å²) in [5, 5.41) is 2.65. The average Bonchev–Trinajstić information content (AvgIpc) is 2.34. The minimum absolute atomic E-state index is 0.0201. The molecule has 0 aliphatic rings. The van der Waals surface area contributed by atoms with Gasteiger partial charge in [-0.3, -0.25) is 9.59 Å². The Morgan fingerprint density at radius 1 is 1.33 bits per heavy atom. The highest BCUT2D eigenvalue weighted by atomic mass is 16.2. The van der Waals surface area contributed by atoms with Crippen molar-refractivity contribution in [2.24, 2.45) is 0 Å². The molecule has 1 aromatic rings. The minimum atomic E-state index is -0.203. The molecule has 0 saturated carbocycles. The number of rotatable bonds is 5. The van der Waals surface area contributed by atoms with Crippen molar-refractivity contribution in [3.63, 3.8) is 0 Å². The number of anilines is 1. The van der Waals surface area contributed by atoms with Crippen molar-refractivity contribution in [1.29, 1.82) is 0 Å². The molecule has 0 aromatic heterocycles. The molecule has 1 aromatic carbocycles. The molecule has 0 bridgehead atoms. The first-order chi connectivity index (χ1) is 8.54. The quantitative estimate of drug-likeness (QED) is 0.803. The number of amides is 2. The normalized spacial score (nSPS) is 9.67. The zero-order chi connectivity index (χ0) is 13.5. The molecule has 4 heteroatoms. The molecule has 0 saturated heterocycles. The topological polar surface area (TPSA) is 49.4 Å². The Hall–Kier alpha value is -2.10. The van der Waals surface area contributed by atoms with E-state index in [0.717, 1.165) is 11.3 Å². The van der Waals surface area contributed by atoms with Crippen molar-refractivity contribution in [2.75, 3.05) is 18.0 Å². The highest BCUT2D eigenvalue weighted by Gasteiger charge is 2.14. The lowest BCUT2D eigenvalue weighted by molar-refractivity contribution is -0.122. The highest BCUT2D eigenvalue weighted by molar-refractivity contribution is 5.97. The Morgan fingerprint density at radius 2 is 1.94 bits per heavy atom. The third-order valence-electron chi connectivity index (χ3n) is 2.47. The fraction of sp³-hybridized carbons (Fsp3) is 0.286. The van der Waals surface area contributed by atoms with E-state index in [1.54, 1.807) is 6.08 Å². The second-order valence-corrected chi connectivity index (χ2v) is 4.03. The molecule has 0 unspecified atom stereocenters. The third kappa shape index (κ3) is 4.05. The van der Waals surface area contributed by atoms with Crippen LogP contribution in [-0.2, 0) is 9.59 Å². The average molecular weight is 246 g/mol. The van der Waals surface area contributed by atoms with E-state index >= 15 is 0 Å². The van der Waals surface area contributed by atoms with Gasteiger partial charge < -0.3 is 10.2 Å². The molecule has 0 fully saturated rings. The standard InChI is InChI=1S/C14H18N2O2/c1-4-9-15-14(18)10-16(12(3)17)13-7-5-11(2)6-8-13/h4-8H,1,9-10H2,2-3H3,(H,15,18). The first kappa shape index (κ1) is 14.0. The van der Waals surface area contributed by atoms with E-state index in [4.69, 9.17) is 0 Å². The minimum Gasteiger partial charge on any atom is -0.351 e. The summed E-state index contributed by atoms with van der Waals surface area (Å²) >= 11 is 0. The summed E-state index contributed by atoms with van der Waals surface area (Å²) in [5.74, 6) is -0.363. The van der Waals surface area contributed by atoms with E-state index in [0.29, 0.717) is 6.54 Å². The zero-order valence-corrected chi connectivity index (χ0v) is 10.8. The van der Waals surface area contributed by atoms with Crippen molar-refractivity contribution in [1.82, 2.24) is 5.32 Å². The third-order valence-corrected chi connectivity index (χ3v) is 2.47. The number of hydrogen-bond donors (Lipinski definition) is 1. The van der Waals surface area contributed by atoms with E-state index in [1.165, 1.54) is 11.8 Å². The van der Waals surface area contributed by atoms with E-state index in [9.17, 15) is 9.59 Å². The van der Waals surface area contributed by atoms with Gasteiger partial charge in [0.15, 0.2) is 0 Å². The molecule has 1 N–H and O–H groups in total. The molecule has 0 heterocycles. The lowest BCUT2D eigenvalue weighted by Gasteiger charge is -2.20. The highest BCUT2D eigenvalue weighted by Crippen LogP contribution is 2.14. The summed E-state index contributed by atoms with van der Waals surface area (Å²) in [4.78, 5) is 24.6. The molecule has 0 aliphatic carbocycles. The van der Waals surface area contributed by atoms with Gasteiger partial charge in [-0.25, -0.2) is 0 Å². The molecule has 96 valence electrons. The van der Waals surface area contributed by atoms with Gasteiger partial charge in [-0.15, -0.1) is 6.58 Å². The molecule has 18 heavy (non-hydrogen) atoms. The summed E-state index contributed by atoms with van der Waals surface area (Å²) in [7, 11) is 0. The Kier molecular flexibility index (Phi) is 5.11. The smallest absolute Gasteiger partial charge is 0.240 e. The van der Waals surface area contributed by atoms with E-state index in [1.807, 2.05) is 31.2 Å². The van der Waals surface area contributed by atoms with Gasteiger partial charge in [-0.1, -0.05) is 23.8 Å². The van der Waals surface area contributed by atoms with Crippen molar-refractivity contribution >= 4 is 17.5 Å². The van der Waals surface area contributed by atoms with Crippen LogP contribution in [0.1, 0.15) is 12.5 Å². The number of benzene rings is 1. The van der Waals surface area contributed by atoms with Gasteiger partial charge in [0.05, 0.1) is 0 Å². The number of aryl methyl sites for hydroxylation is 1. The maximum atomic E-state index is 11.6. The lowest BCUT2D eigenvalue weighted by atomic mass is 10.2. The van der Waals surface area contributed by atoms with Crippen LogP contribution in [0.25, 0.3) is 0 Å². The number of hydrogen-bond acceptors (Lipinski definition) is 2. The van der Waals surface area contributed by atoms with E-state index < -0.39 is 0 Å². The van der Waals surface area contributed by atoms with Crippen LogP contribution in [0.2, 0.25) is 0 Å². The summed E-state index contributed by atoms with van der Waals surface area (Å²) in [6, 6.07) is 7.48. The van der Waals surface area contributed by atoms with Crippen LogP contribution < -0.4 is 10.2 Å². The van der Waals surface area contributed by atoms with Gasteiger partial charge >= 0.3 is 0 Å². The molecule has 1 rings (SSSR count).